The molecule has 2 aliphatic rings. The summed E-state index contributed by atoms with van der Waals surface area (Å²) in [7, 11) is 0. The van der Waals surface area contributed by atoms with Crippen LogP contribution in [0.15, 0.2) is 28.7 Å². The summed E-state index contributed by atoms with van der Waals surface area (Å²) in [6.45, 7) is 0. The van der Waals surface area contributed by atoms with Crippen LogP contribution in [-0.2, 0) is 6.42 Å². The molecule has 2 aliphatic carbocycles. The van der Waals surface area contributed by atoms with Gasteiger partial charge in [0.1, 0.15) is 0 Å². The van der Waals surface area contributed by atoms with Gasteiger partial charge in [0, 0.05) is 10.9 Å². The minimum Gasteiger partial charge on any atom is -0.390 e. The van der Waals surface area contributed by atoms with E-state index in [2.05, 4.69) is 34.1 Å². The number of hydrogen-bond acceptors (Lipinski definition) is 1. The molecule has 0 radical (unpaired) electrons. The van der Waals surface area contributed by atoms with E-state index < -0.39 is 5.60 Å². The smallest absolute Gasteiger partial charge is 0.0691 e. The van der Waals surface area contributed by atoms with Gasteiger partial charge in [0.15, 0.2) is 0 Å². The van der Waals surface area contributed by atoms with Gasteiger partial charge < -0.3 is 5.11 Å². The lowest BCUT2D eigenvalue weighted by atomic mass is 9.73. The van der Waals surface area contributed by atoms with Crippen molar-refractivity contribution in [2.45, 2.75) is 50.5 Å². The maximum atomic E-state index is 10.9. The molecule has 0 saturated heterocycles. The Balaban J connectivity index is 1.72. The van der Waals surface area contributed by atoms with Gasteiger partial charge in [0.2, 0.25) is 0 Å². The molecule has 0 aromatic heterocycles. The Hall–Kier alpha value is -0.340. The highest BCUT2D eigenvalue weighted by molar-refractivity contribution is 9.10. The molecule has 1 aromatic carbocycles. The maximum Gasteiger partial charge on any atom is 0.0691 e. The summed E-state index contributed by atoms with van der Waals surface area (Å²) in [4.78, 5) is 0. The minimum atomic E-state index is -0.463. The van der Waals surface area contributed by atoms with Crippen LogP contribution >= 0.6 is 15.9 Å². The Morgan fingerprint density at radius 3 is 2.67 bits per heavy atom. The fourth-order valence-electron chi connectivity index (χ4n) is 3.51. The first-order valence-electron chi connectivity index (χ1n) is 7.12. The van der Waals surface area contributed by atoms with Gasteiger partial charge in [-0.3, -0.25) is 0 Å². The van der Waals surface area contributed by atoms with Gasteiger partial charge in [0.25, 0.3) is 0 Å². The summed E-state index contributed by atoms with van der Waals surface area (Å²) in [5, 5.41) is 10.9. The molecule has 98 valence electrons. The molecule has 1 N–H and O–H groups in total. The van der Waals surface area contributed by atoms with Gasteiger partial charge in [0.05, 0.1) is 5.60 Å². The van der Waals surface area contributed by atoms with Gasteiger partial charge in [-0.15, -0.1) is 0 Å². The number of rotatable bonds is 3. The van der Waals surface area contributed by atoms with E-state index in [0.717, 1.165) is 35.6 Å². The zero-order valence-corrected chi connectivity index (χ0v) is 12.3. The van der Waals surface area contributed by atoms with Crippen LogP contribution in [0.4, 0.5) is 0 Å². The predicted octanol–water partition coefficient (Wildman–Crippen LogP) is 4.32. The third-order valence-corrected chi connectivity index (χ3v) is 5.40. The van der Waals surface area contributed by atoms with Crippen molar-refractivity contribution in [1.29, 1.82) is 0 Å². The average Bonchev–Trinajstić information content (AvgIpc) is 3.16. The van der Waals surface area contributed by atoms with Crippen molar-refractivity contribution in [2.75, 3.05) is 0 Å². The molecular formula is C16H21BrO. The second-order valence-corrected chi connectivity index (χ2v) is 7.04. The van der Waals surface area contributed by atoms with E-state index in [4.69, 9.17) is 0 Å². The molecule has 0 spiro atoms. The summed E-state index contributed by atoms with van der Waals surface area (Å²) in [5.41, 5.74) is 0.784. The summed E-state index contributed by atoms with van der Waals surface area (Å²) < 4.78 is 1.13. The number of benzene rings is 1. The zero-order valence-electron chi connectivity index (χ0n) is 10.7. The largest absolute Gasteiger partial charge is 0.390 e. The van der Waals surface area contributed by atoms with Crippen molar-refractivity contribution in [1.82, 2.24) is 0 Å². The van der Waals surface area contributed by atoms with E-state index in [1.54, 1.807) is 0 Å². The lowest BCUT2D eigenvalue weighted by molar-refractivity contribution is -0.0196. The standard InChI is InChI=1S/C16H21BrO/c17-15-6-2-1-4-14(15)11-16(18)9-3-5-13(10-16)12-7-8-12/h1-2,4,6,12-13,18H,3,5,7-11H2. The van der Waals surface area contributed by atoms with Crippen LogP contribution in [0.25, 0.3) is 0 Å². The summed E-state index contributed by atoms with van der Waals surface area (Å²) in [6, 6.07) is 8.29. The van der Waals surface area contributed by atoms with E-state index in [0.29, 0.717) is 0 Å². The Bertz CT molecular complexity index is 427. The van der Waals surface area contributed by atoms with Crippen molar-refractivity contribution in [3.05, 3.63) is 34.3 Å². The van der Waals surface area contributed by atoms with Crippen molar-refractivity contribution in [3.63, 3.8) is 0 Å². The number of aliphatic hydroxyl groups is 1. The molecule has 0 amide bonds. The summed E-state index contributed by atoms with van der Waals surface area (Å²) >= 11 is 3.59. The van der Waals surface area contributed by atoms with Crippen molar-refractivity contribution >= 4 is 15.9 Å². The third-order valence-electron chi connectivity index (χ3n) is 4.63. The Kier molecular flexibility index (Phi) is 3.50. The van der Waals surface area contributed by atoms with Crippen LogP contribution in [0, 0.1) is 11.8 Å². The zero-order chi connectivity index (χ0) is 12.6. The first kappa shape index (κ1) is 12.7. The predicted molar refractivity (Wildman–Crippen MR) is 77.5 cm³/mol. The highest BCUT2D eigenvalue weighted by atomic mass is 79.9. The lowest BCUT2D eigenvalue weighted by Gasteiger charge is -2.37. The minimum absolute atomic E-state index is 0.463. The fraction of sp³-hybridized carbons (Fsp3) is 0.625. The van der Waals surface area contributed by atoms with Gasteiger partial charge in [-0.25, -0.2) is 0 Å². The van der Waals surface area contributed by atoms with Crippen LogP contribution in [0.2, 0.25) is 0 Å². The first-order valence-corrected chi connectivity index (χ1v) is 7.91. The number of hydrogen-bond donors (Lipinski definition) is 1. The van der Waals surface area contributed by atoms with Crippen LogP contribution in [0.3, 0.4) is 0 Å². The van der Waals surface area contributed by atoms with E-state index in [1.165, 1.54) is 31.2 Å². The van der Waals surface area contributed by atoms with E-state index in [-0.39, 0.29) is 0 Å². The molecule has 3 rings (SSSR count). The molecule has 2 saturated carbocycles. The molecule has 0 aliphatic heterocycles. The SMILES string of the molecule is OC1(Cc2ccccc2Br)CCCC(C2CC2)C1. The van der Waals surface area contributed by atoms with Crippen molar-refractivity contribution < 1.29 is 5.11 Å². The highest BCUT2D eigenvalue weighted by Gasteiger charge is 2.41. The van der Waals surface area contributed by atoms with Gasteiger partial charge in [-0.2, -0.15) is 0 Å². The number of halogens is 1. The first-order chi connectivity index (χ1) is 8.66. The highest BCUT2D eigenvalue weighted by Crippen LogP contribution is 2.47. The lowest BCUT2D eigenvalue weighted by Crippen LogP contribution is -2.38. The molecule has 2 unspecified atom stereocenters. The topological polar surface area (TPSA) is 20.2 Å². The Morgan fingerprint density at radius 2 is 1.94 bits per heavy atom. The second kappa shape index (κ2) is 4.97. The van der Waals surface area contributed by atoms with E-state index in [9.17, 15) is 5.11 Å². The Morgan fingerprint density at radius 1 is 1.17 bits per heavy atom. The monoisotopic (exact) mass is 308 g/mol. The molecular weight excluding hydrogens is 288 g/mol. The molecule has 0 heterocycles. The molecule has 0 bridgehead atoms. The molecule has 1 nitrogen and oxygen atoms in total. The van der Waals surface area contributed by atoms with Crippen LogP contribution in [-0.4, -0.2) is 10.7 Å². The third kappa shape index (κ3) is 2.80. The summed E-state index contributed by atoms with van der Waals surface area (Å²) in [5.74, 6) is 1.71. The van der Waals surface area contributed by atoms with Gasteiger partial charge in [-0.05, 0) is 55.6 Å². The Labute approximate surface area is 118 Å². The molecule has 18 heavy (non-hydrogen) atoms. The molecule has 1 aromatic rings. The van der Waals surface area contributed by atoms with Gasteiger partial charge >= 0.3 is 0 Å². The van der Waals surface area contributed by atoms with Crippen molar-refractivity contribution in [3.8, 4) is 0 Å². The van der Waals surface area contributed by atoms with Crippen LogP contribution in [0.5, 0.6) is 0 Å². The average molecular weight is 309 g/mol. The van der Waals surface area contributed by atoms with Crippen LogP contribution < -0.4 is 0 Å². The fourth-order valence-corrected chi connectivity index (χ4v) is 3.94. The van der Waals surface area contributed by atoms with Crippen LogP contribution in [0.1, 0.15) is 44.1 Å². The van der Waals surface area contributed by atoms with E-state index in [1.807, 2.05) is 6.07 Å². The quantitative estimate of drug-likeness (QED) is 0.881. The second-order valence-electron chi connectivity index (χ2n) is 6.19. The molecule has 2 atom stereocenters. The normalized spacial score (nSPS) is 32.4. The van der Waals surface area contributed by atoms with Gasteiger partial charge in [-0.1, -0.05) is 40.5 Å². The molecule has 2 heteroatoms. The van der Waals surface area contributed by atoms with Crippen molar-refractivity contribution in [2.24, 2.45) is 11.8 Å². The summed E-state index contributed by atoms with van der Waals surface area (Å²) in [6.07, 6.45) is 8.12. The molecule has 2 fully saturated rings. The van der Waals surface area contributed by atoms with E-state index >= 15 is 0 Å². The maximum absolute atomic E-state index is 10.9.